The standard InChI is InChI=1S/C9H12N2O5/c1-11-6(3-7(12)8(13)14)5(4-10-11)9(15)16-2/h4,7,12H,3H2,1-2H3,(H,13,14). The molecule has 16 heavy (non-hydrogen) atoms. The Kier molecular flexibility index (Phi) is 3.62. The van der Waals surface area contributed by atoms with Crippen molar-refractivity contribution < 1.29 is 24.5 Å². The van der Waals surface area contributed by atoms with Crippen LogP contribution in [0.2, 0.25) is 0 Å². The maximum Gasteiger partial charge on any atom is 0.341 e. The van der Waals surface area contributed by atoms with Gasteiger partial charge in [0.15, 0.2) is 6.10 Å². The molecule has 0 aliphatic rings. The summed E-state index contributed by atoms with van der Waals surface area (Å²) in [5.74, 6) is -1.96. The van der Waals surface area contributed by atoms with Crippen LogP contribution in [0.1, 0.15) is 16.1 Å². The van der Waals surface area contributed by atoms with E-state index < -0.39 is 18.0 Å². The summed E-state index contributed by atoms with van der Waals surface area (Å²) in [5.41, 5.74) is 0.479. The van der Waals surface area contributed by atoms with E-state index in [1.54, 1.807) is 7.05 Å². The molecule has 1 aromatic heterocycles. The van der Waals surface area contributed by atoms with E-state index in [0.29, 0.717) is 5.69 Å². The Morgan fingerprint density at radius 3 is 2.75 bits per heavy atom. The summed E-state index contributed by atoms with van der Waals surface area (Å²) >= 11 is 0. The molecule has 0 saturated heterocycles. The summed E-state index contributed by atoms with van der Waals surface area (Å²) in [4.78, 5) is 21.8. The van der Waals surface area contributed by atoms with Crippen LogP contribution < -0.4 is 0 Å². The number of aliphatic hydroxyl groups excluding tert-OH is 1. The molecule has 7 heteroatoms. The van der Waals surface area contributed by atoms with Gasteiger partial charge in [-0.1, -0.05) is 0 Å². The van der Waals surface area contributed by atoms with E-state index in [0.717, 1.165) is 0 Å². The number of aryl methyl sites for hydroxylation is 1. The van der Waals surface area contributed by atoms with Crippen LogP contribution in [-0.4, -0.2) is 45.1 Å². The maximum atomic E-state index is 11.3. The number of rotatable bonds is 4. The molecule has 1 atom stereocenters. The van der Waals surface area contributed by atoms with Crippen molar-refractivity contribution in [2.75, 3.05) is 7.11 Å². The van der Waals surface area contributed by atoms with Gasteiger partial charge in [-0.15, -0.1) is 0 Å². The van der Waals surface area contributed by atoms with Crippen molar-refractivity contribution in [3.63, 3.8) is 0 Å². The van der Waals surface area contributed by atoms with Crippen molar-refractivity contribution in [3.8, 4) is 0 Å². The van der Waals surface area contributed by atoms with Crippen LogP contribution in [0.3, 0.4) is 0 Å². The molecule has 0 fully saturated rings. The van der Waals surface area contributed by atoms with E-state index in [-0.39, 0.29) is 12.0 Å². The van der Waals surface area contributed by atoms with E-state index >= 15 is 0 Å². The third-order valence-electron chi connectivity index (χ3n) is 2.14. The van der Waals surface area contributed by atoms with Gasteiger partial charge in [-0.25, -0.2) is 9.59 Å². The number of ether oxygens (including phenoxy) is 1. The molecule has 1 heterocycles. The molecule has 1 rings (SSSR count). The smallest absolute Gasteiger partial charge is 0.341 e. The third-order valence-corrected chi connectivity index (χ3v) is 2.14. The lowest BCUT2D eigenvalue weighted by molar-refractivity contribution is -0.146. The van der Waals surface area contributed by atoms with Crippen LogP contribution in [0.25, 0.3) is 0 Å². The zero-order valence-electron chi connectivity index (χ0n) is 8.88. The van der Waals surface area contributed by atoms with Gasteiger partial charge < -0.3 is 14.9 Å². The number of carboxylic acids is 1. The zero-order chi connectivity index (χ0) is 12.3. The van der Waals surface area contributed by atoms with Crippen LogP contribution in [-0.2, 0) is 23.0 Å². The molecule has 2 N–H and O–H groups in total. The van der Waals surface area contributed by atoms with Crippen LogP contribution in [0, 0.1) is 0 Å². The van der Waals surface area contributed by atoms with Crippen molar-refractivity contribution in [1.29, 1.82) is 0 Å². The van der Waals surface area contributed by atoms with Crippen molar-refractivity contribution >= 4 is 11.9 Å². The maximum absolute atomic E-state index is 11.3. The lowest BCUT2D eigenvalue weighted by Crippen LogP contribution is -2.24. The fourth-order valence-corrected chi connectivity index (χ4v) is 1.26. The number of methoxy groups -OCH3 is 1. The Balaban J connectivity index is 2.98. The summed E-state index contributed by atoms with van der Waals surface area (Å²) in [6, 6.07) is 0. The molecule has 1 unspecified atom stereocenters. The Bertz CT molecular complexity index is 412. The Labute approximate surface area is 91.3 Å². The minimum absolute atomic E-state index is 0.158. The van der Waals surface area contributed by atoms with Gasteiger partial charge in [-0.05, 0) is 0 Å². The lowest BCUT2D eigenvalue weighted by Gasteiger charge is -2.07. The average molecular weight is 228 g/mol. The topological polar surface area (TPSA) is 102 Å². The minimum Gasteiger partial charge on any atom is -0.479 e. The highest BCUT2D eigenvalue weighted by molar-refractivity contribution is 5.90. The number of aliphatic hydroxyl groups is 1. The number of aromatic nitrogens is 2. The van der Waals surface area contributed by atoms with Crippen LogP contribution >= 0.6 is 0 Å². The number of carboxylic acid groups (broad SMARTS) is 1. The molecule has 0 saturated carbocycles. The van der Waals surface area contributed by atoms with E-state index in [4.69, 9.17) is 5.11 Å². The fraction of sp³-hybridized carbons (Fsp3) is 0.444. The molecular formula is C9H12N2O5. The van der Waals surface area contributed by atoms with Gasteiger partial charge in [0.2, 0.25) is 0 Å². The van der Waals surface area contributed by atoms with Crippen molar-refractivity contribution in [3.05, 3.63) is 17.5 Å². The molecule has 0 bridgehead atoms. The third kappa shape index (κ3) is 2.37. The van der Waals surface area contributed by atoms with Crippen LogP contribution in [0.5, 0.6) is 0 Å². The predicted molar refractivity (Wildman–Crippen MR) is 51.9 cm³/mol. The molecule has 0 aliphatic heterocycles. The van der Waals surface area contributed by atoms with Gasteiger partial charge in [0.05, 0.1) is 19.0 Å². The summed E-state index contributed by atoms with van der Waals surface area (Å²) in [5, 5.41) is 21.6. The van der Waals surface area contributed by atoms with Crippen LogP contribution in [0.15, 0.2) is 6.20 Å². The first-order valence-corrected chi connectivity index (χ1v) is 4.47. The van der Waals surface area contributed by atoms with E-state index in [1.165, 1.54) is 18.0 Å². The minimum atomic E-state index is -1.57. The van der Waals surface area contributed by atoms with E-state index in [1.807, 2.05) is 0 Å². The lowest BCUT2D eigenvalue weighted by atomic mass is 10.1. The van der Waals surface area contributed by atoms with Gasteiger partial charge in [0.25, 0.3) is 0 Å². The van der Waals surface area contributed by atoms with Gasteiger partial charge >= 0.3 is 11.9 Å². The first kappa shape index (κ1) is 12.2. The normalized spacial score (nSPS) is 12.2. The second-order valence-electron chi connectivity index (χ2n) is 3.18. The van der Waals surface area contributed by atoms with Crippen molar-refractivity contribution in [1.82, 2.24) is 9.78 Å². The Hall–Kier alpha value is -1.89. The largest absolute Gasteiger partial charge is 0.479 e. The van der Waals surface area contributed by atoms with Crippen LogP contribution in [0.4, 0.5) is 0 Å². The molecule has 7 nitrogen and oxygen atoms in total. The highest BCUT2D eigenvalue weighted by atomic mass is 16.5. The first-order chi connectivity index (χ1) is 7.47. The molecular weight excluding hydrogens is 216 g/mol. The molecule has 0 spiro atoms. The number of hydrogen-bond acceptors (Lipinski definition) is 5. The van der Waals surface area contributed by atoms with Gasteiger partial charge in [0.1, 0.15) is 5.56 Å². The van der Waals surface area contributed by atoms with Crippen molar-refractivity contribution in [2.45, 2.75) is 12.5 Å². The molecule has 88 valence electrons. The Morgan fingerprint density at radius 2 is 2.25 bits per heavy atom. The highest BCUT2D eigenvalue weighted by Gasteiger charge is 2.22. The molecule has 0 radical (unpaired) electrons. The molecule has 0 aromatic carbocycles. The summed E-state index contributed by atoms with van der Waals surface area (Å²) < 4.78 is 5.84. The fourth-order valence-electron chi connectivity index (χ4n) is 1.26. The van der Waals surface area contributed by atoms with Gasteiger partial charge in [-0.3, -0.25) is 4.68 Å². The number of hydrogen-bond donors (Lipinski definition) is 2. The summed E-state index contributed by atoms with van der Waals surface area (Å²) in [6.07, 6.45) is -0.495. The van der Waals surface area contributed by atoms with Gasteiger partial charge in [-0.2, -0.15) is 5.10 Å². The first-order valence-electron chi connectivity index (χ1n) is 4.47. The number of esters is 1. The van der Waals surface area contributed by atoms with Gasteiger partial charge in [0, 0.05) is 13.5 Å². The number of nitrogens with zero attached hydrogens (tertiary/aromatic N) is 2. The zero-order valence-corrected chi connectivity index (χ0v) is 8.88. The molecule has 0 aliphatic carbocycles. The van der Waals surface area contributed by atoms with Crippen molar-refractivity contribution in [2.24, 2.45) is 7.05 Å². The van der Waals surface area contributed by atoms with E-state index in [9.17, 15) is 14.7 Å². The monoisotopic (exact) mass is 228 g/mol. The second kappa shape index (κ2) is 4.75. The summed E-state index contributed by atoms with van der Waals surface area (Å²) in [7, 11) is 2.77. The average Bonchev–Trinajstić information content (AvgIpc) is 2.59. The van der Waals surface area contributed by atoms with E-state index in [2.05, 4.69) is 9.84 Å². The number of aliphatic carboxylic acids is 1. The summed E-state index contributed by atoms with van der Waals surface area (Å²) in [6.45, 7) is 0. The highest BCUT2D eigenvalue weighted by Crippen LogP contribution is 2.11. The Morgan fingerprint density at radius 1 is 1.62 bits per heavy atom. The number of carbonyl (C=O) groups excluding carboxylic acids is 1. The quantitative estimate of drug-likeness (QED) is 0.654. The molecule has 0 amide bonds. The number of carbonyl (C=O) groups is 2. The SMILES string of the molecule is COC(=O)c1cnn(C)c1CC(O)C(=O)O. The predicted octanol–water partition coefficient (Wildman–Crippen LogP) is -0.805. The second-order valence-corrected chi connectivity index (χ2v) is 3.18. The molecule has 1 aromatic rings.